The van der Waals surface area contributed by atoms with Gasteiger partial charge < -0.3 is 0 Å². The summed E-state index contributed by atoms with van der Waals surface area (Å²) in [6.45, 7) is 14.7. The summed E-state index contributed by atoms with van der Waals surface area (Å²) in [6.07, 6.45) is 4.42. The van der Waals surface area contributed by atoms with Gasteiger partial charge in [-0.3, -0.25) is 0 Å². The zero-order valence-electron chi connectivity index (χ0n) is 12.7. The third kappa shape index (κ3) is 2.71. The first-order valence-electron chi connectivity index (χ1n) is 7.97. The highest BCUT2D eigenvalue weighted by Crippen LogP contribution is 2.57. The third-order valence-corrected chi connectivity index (χ3v) is 6.19. The Morgan fingerprint density at radius 1 is 0.765 bits per heavy atom. The maximum absolute atomic E-state index is 2.54. The van der Waals surface area contributed by atoms with Gasteiger partial charge in [-0.15, -0.1) is 0 Å². The molecule has 0 N–H and O–H groups in total. The fourth-order valence-corrected chi connectivity index (χ4v) is 4.18. The highest BCUT2D eigenvalue weighted by Gasteiger charge is 2.50. The monoisotopic (exact) mass is 236 g/mol. The van der Waals surface area contributed by atoms with Gasteiger partial charge in [0, 0.05) is 0 Å². The van der Waals surface area contributed by atoms with Crippen molar-refractivity contribution in [1.29, 1.82) is 0 Å². The zero-order chi connectivity index (χ0) is 12.7. The van der Waals surface area contributed by atoms with Crippen LogP contribution in [0.2, 0.25) is 0 Å². The molecular weight excluding hydrogens is 204 g/mol. The van der Waals surface area contributed by atoms with E-state index in [-0.39, 0.29) is 0 Å². The Morgan fingerprint density at radius 2 is 1.24 bits per heavy atom. The smallest absolute Gasteiger partial charge is 0.0352 e. The predicted molar refractivity (Wildman–Crippen MR) is 75.8 cm³/mol. The lowest BCUT2D eigenvalue weighted by Crippen LogP contribution is -2.16. The molecule has 0 amide bonds. The van der Waals surface area contributed by atoms with E-state index in [2.05, 4.69) is 41.5 Å². The maximum atomic E-state index is 2.54. The molecule has 0 aliphatic heterocycles. The second-order valence-electron chi connectivity index (χ2n) is 7.47. The molecule has 100 valence electrons. The fourth-order valence-electron chi connectivity index (χ4n) is 4.18. The molecule has 2 saturated carbocycles. The molecule has 0 aromatic carbocycles. The Balaban J connectivity index is 1.80. The molecular formula is C17H32. The average Bonchev–Trinajstić information content (AvgIpc) is 3.16. The number of hydrogen-bond donors (Lipinski definition) is 0. The molecule has 7 unspecified atom stereocenters. The van der Waals surface area contributed by atoms with Gasteiger partial charge in [0.15, 0.2) is 0 Å². The van der Waals surface area contributed by atoms with Gasteiger partial charge >= 0.3 is 0 Å². The van der Waals surface area contributed by atoms with Gasteiger partial charge in [-0.25, -0.2) is 0 Å². The normalized spacial score (nSPS) is 41.1. The van der Waals surface area contributed by atoms with Crippen LogP contribution in [-0.4, -0.2) is 0 Å². The van der Waals surface area contributed by atoms with Crippen LogP contribution in [0.5, 0.6) is 0 Å². The van der Waals surface area contributed by atoms with Crippen LogP contribution in [0.4, 0.5) is 0 Å². The second-order valence-corrected chi connectivity index (χ2v) is 7.47. The summed E-state index contributed by atoms with van der Waals surface area (Å²) in [5.41, 5.74) is 0. The first-order chi connectivity index (χ1) is 7.97. The van der Waals surface area contributed by atoms with Gasteiger partial charge in [-0.1, -0.05) is 48.0 Å². The minimum Gasteiger partial charge on any atom is -0.0651 e. The number of rotatable bonds is 6. The van der Waals surface area contributed by atoms with Crippen molar-refractivity contribution < 1.29 is 0 Å². The Bertz CT molecular complexity index is 255. The van der Waals surface area contributed by atoms with Crippen molar-refractivity contribution in [2.75, 3.05) is 0 Å². The minimum atomic E-state index is 0.916. The highest BCUT2D eigenvalue weighted by molar-refractivity contribution is 4.99. The first kappa shape index (κ1) is 13.4. The molecule has 7 atom stereocenters. The summed E-state index contributed by atoms with van der Waals surface area (Å²) in [7, 11) is 0. The molecule has 0 aromatic rings. The van der Waals surface area contributed by atoms with Crippen molar-refractivity contribution in [3.63, 3.8) is 0 Å². The molecule has 0 spiro atoms. The van der Waals surface area contributed by atoms with E-state index in [9.17, 15) is 0 Å². The van der Waals surface area contributed by atoms with E-state index in [0.29, 0.717) is 0 Å². The Labute approximate surface area is 109 Å². The van der Waals surface area contributed by atoms with Gasteiger partial charge in [-0.05, 0) is 60.2 Å². The summed E-state index contributed by atoms with van der Waals surface area (Å²) >= 11 is 0. The molecule has 2 aliphatic carbocycles. The molecule has 0 bridgehead atoms. The molecule has 0 nitrogen and oxygen atoms in total. The van der Waals surface area contributed by atoms with Gasteiger partial charge in [0.25, 0.3) is 0 Å². The molecule has 2 aliphatic rings. The molecule has 0 aromatic heterocycles. The fraction of sp³-hybridized carbons (Fsp3) is 1.00. The van der Waals surface area contributed by atoms with Crippen LogP contribution < -0.4 is 0 Å². The van der Waals surface area contributed by atoms with E-state index < -0.39 is 0 Å². The van der Waals surface area contributed by atoms with Crippen molar-refractivity contribution in [3.8, 4) is 0 Å². The summed E-state index contributed by atoms with van der Waals surface area (Å²) in [5, 5.41) is 0. The molecule has 2 rings (SSSR count). The van der Waals surface area contributed by atoms with Gasteiger partial charge in [-0.2, -0.15) is 0 Å². The molecule has 0 radical (unpaired) electrons. The molecule has 2 fully saturated rings. The molecule has 0 heterocycles. The van der Waals surface area contributed by atoms with Gasteiger partial charge in [0.1, 0.15) is 0 Å². The Morgan fingerprint density at radius 3 is 1.65 bits per heavy atom. The van der Waals surface area contributed by atoms with Crippen molar-refractivity contribution >= 4 is 0 Å². The van der Waals surface area contributed by atoms with E-state index in [1.54, 1.807) is 0 Å². The van der Waals surface area contributed by atoms with Crippen LogP contribution in [0.3, 0.4) is 0 Å². The van der Waals surface area contributed by atoms with Crippen molar-refractivity contribution in [3.05, 3.63) is 0 Å². The minimum absolute atomic E-state index is 0.916. The maximum Gasteiger partial charge on any atom is -0.0352 e. The van der Waals surface area contributed by atoms with E-state index in [0.717, 1.165) is 47.3 Å². The van der Waals surface area contributed by atoms with Crippen molar-refractivity contribution in [1.82, 2.24) is 0 Å². The average molecular weight is 236 g/mol. The molecule has 0 saturated heterocycles. The van der Waals surface area contributed by atoms with Crippen LogP contribution >= 0.6 is 0 Å². The Hall–Kier alpha value is 0. The summed E-state index contributed by atoms with van der Waals surface area (Å²) in [4.78, 5) is 0. The van der Waals surface area contributed by atoms with Crippen LogP contribution in [0.1, 0.15) is 60.8 Å². The summed E-state index contributed by atoms with van der Waals surface area (Å²) < 4.78 is 0. The molecule has 0 heteroatoms. The lowest BCUT2D eigenvalue weighted by atomic mass is 9.83. The lowest BCUT2D eigenvalue weighted by molar-refractivity contribution is 0.265. The quantitative estimate of drug-likeness (QED) is 0.592. The standard InChI is InChI=1S/C17H32/c1-7-11(4)15-9-17(15)13(6)12(5)16-8-14(16)10(2)3/h10-17H,7-9H2,1-6H3. The largest absolute Gasteiger partial charge is 0.0651 e. The SMILES string of the molecule is CCC(C)C1CC1C(C)C(C)C1CC1C(C)C. The second kappa shape index (κ2) is 4.94. The highest BCUT2D eigenvalue weighted by atomic mass is 14.6. The van der Waals surface area contributed by atoms with E-state index >= 15 is 0 Å². The van der Waals surface area contributed by atoms with Gasteiger partial charge in [0.2, 0.25) is 0 Å². The summed E-state index contributed by atoms with van der Waals surface area (Å²) in [5.74, 6) is 8.07. The summed E-state index contributed by atoms with van der Waals surface area (Å²) in [6, 6.07) is 0. The van der Waals surface area contributed by atoms with E-state index in [1.807, 2.05) is 0 Å². The van der Waals surface area contributed by atoms with Crippen LogP contribution in [0.15, 0.2) is 0 Å². The van der Waals surface area contributed by atoms with Crippen molar-refractivity contribution in [2.45, 2.75) is 60.8 Å². The Kier molecular flexibility index (Phi) is 3.90. The van der Waals surface area contributed by atoms with Gasteiger partial charge in [0.05, 0.1) is 0 Å². The zero-order valence-corrected chi connectivity index (χ0v) is 12.7. The number of hydrogen-bond acceptors (Lipinski definition) is 0. The first-order valence-corrected chi connectivity index (χ1v) is 7.97. The van der Waals surface area contributed by atoms with E-state index in [1.165, 1.54) is 19.3 Å². The van der Waals surface area contributed by atoms with Crippen LogP contribution in [-0.2, 0) is 0 Å². The van der Waals surface area contributed by atoms with Crippen molar-refractivity contribution in [2.24, 2.45) is 47.3 Å². The van der Waals surface area contributed by atoms with E-state index in [4.69, 9.17) is 0 Å². The van der Waals surface area contributed by atoms with Crippen LogP contribution in [0, 0.1) is 47.3 Å². The topological polar surface area (TPSA) is 0 Å². The lowest BCUT2D eigenvalue weighted by Gasteiger charge is -2.22. The third-order valence-electron chi connectivity index (χ3n) is 6.19. The van der Waals surface area contributed by atoms with Crippen LogP contribution in [0.25, 0.3) is 0 Å². The predicted octanol–water partition coefficient (Wildman–Crippen LogP) is 5.23. The molecule has 17 heavy (non-hydrogen) atoms.